The summed E-state index contributed by atoms with van der Waals surface area (Å²) < 4.78 is 0. The molecule has 1 atom stereocenters. The van der Waals surface area contributed by atoms with Gasteiger partial charge in [-0.1, -0.05) is 130 Å². The number of amides is 2. The van der Waals surface area contributed by atoms with Crippen molar-refractivity contribution in [1.29, 1.82) is 0 Å². The number of carbonyl (C=O) groups excluding carboxylic acids is 3. The summed E-state index contributed by atoms with van der Waals surface area (Å²) in [7, 11) is 0. The second-order valence-electron chi connectivity index (χ2n) is 14.1. The number of carbonyl (C=O) groups is 5. The van der Waals surface area contributed by atoms with E-state index in [1.54, 1.807) is 45.0 Å². The van der Waals surface area contributed by atoms with Gasteiger partial charge in [0.1, 0.15) is 5.25 Å². The van der Waals surface area contributed by atoms with Crippen LogP contribution in [0.25, 0.3) is 0 Å². The fraction of sp³-hybridized carbons (Fsp3) is 0.575. The largest absolute Gasteiger partial charge is 0.478 e. The van der Waals surface area contributed by atoms with Crippen LogP contribution in [0.2, 0.25) is 0 Å². The Morgan fingerprint density at radius 1 is 0.660 bits per heavy atom. The first-order chi connectivity index (χ1) is 23.8. The summed E-state index contributed by atoms with van der Waals surface area (Å²) >= 11 is 0.980. The van der Waals surface area contributed by atoms with Gasteiger partial charge in [-0.15, -0.1) is 11.8 Å². The van der Waals surface area contributed by atoms with Gasteiger partial charge in [0.2, 0.25) is 5.91 Å². The van der Waals surface area contributed by atoms with Crippen molar-refractivity contribution in [2.24, 2.45) is 5.41 Å². The summed E-state index contributed by atoms with van der Waals surface area (Å²) in [6, 6.07) is 9.99. The van der Waals surface area contributed by atoms with Crippen LogP contribution in [-0.2, 0) is 9.59 Å². The van der Waals surface area contributed by atoms with Crippen molar-refractivity contribution in [3.05, 3.63) is 59.2 Å². The summed E-state index contributed by atoms with van der Waals surface area (Å²) in [4.78, 5) is 63.4. The minimum absolute atomic E-state index is 0.0539. The quantitative estimate of drug-likeness (QED) is 0.0452. The molecule has 50 heavy (non-hydrogen) atoms. The number of benzene rings is 2. The van der Waals surface area contributed by atoms with Gasteiger partial charge >= 0.3 is 11.9 Å². The predicted molar refractivity (Wildman–Crippen MR) is 201 cm³/mol. The molecule has 0 saturated carbocycles. The molecule has 0 saturated heterocycles. The Balaban J connectivity index is 1.82. The van der Waals surface area contributed by atoms with Gasteiger partial charge in [0, 0.05) is 28.1 Å². The van der Waals surface area contributed by atoms with Gasteiger partial charge in [-0.2, -0.15) is 0 Å². The minimum Gasteiger partial charge on any atom is -0.478 e. The van der Waals surface area contributed by atoms with Crippen molar-refractivity contribution < 1.29 is 34.2 Å². The molecule has 2 aromatic rings. The monoisotopic (exact) mass is 710 g/mol. The number of carboxylic acid groups (broad SMARTS) is 2. The molecule has 0 radical (unpaired) electrons. The third kappa shape index (κ3) is 16.4. The zero-order valence-corrected chi connectivity index (χ0v) is 31.3. The molecule has 0 bridgehead atoms. The first kappa shape index (κ1) is 42.5. The second kappa shape index (κ2) is 22.9. The number of unbranched alkanes of at least 4 members (excludes halogenated alkanes) is 15. The lowest BCUT2D eigenvalue weighted by atomic mass is 9.88. The number of nitrogens with one attached hydrogen (secondary N) is 2. The van der Waals surface area contributed by atoms with Crippen molar-refractivity contribution >= 4 is 47.0 Å². The number of rotatable bonds is 25. The zero-order chi connectivity index (χ0) is 36.9. The number of Topliss-reactive ketones (excluding diaryl/α,β-unsaturated/α-hetero) is 1. The van der Waals surface area contributed by atoms with Crippen molar-refractivity contribution in [3.8, 4) is 0 Å². The molecule has 4 N–H and O–H groups in total. The lowest BCUT2D eigenvalue weighted by Gasteiger charge is -2.24. The zero-order valence-electron chi connectivity index (χ0n) is 30.5. The summed E-state index contributed by atoms with van der Waals surface area (Å²) in [5.41, 5.74) is -1.17. The number of aromatic carboxylic acids is 2. The van der Waals surface area contributed by atoms with Gasteiger partial charge in [-0.05, 0) is 42.8 Å². The third-order valence-electron chi connectivity index (χ3n) is 8.58. The highest BCUT2D eigenvalue weighted by molar-refractivity contribution is 8.01. The van der Waals surface area contributed by atoms with E-state index in [2.05, 4.69) is 17.6 Å². The molecule has 276 valence electrons. The van der Waals surface area contributed by atoms with E-state index in [4.69, 9.17) is 0 Å². The van der Waals surface area contributed by atoms with E-state index in [-0.39, 0.29) is 28.5 Å². The van der Waals surface area contributed by atoms with E-state index in [0.29, 0.717) is 17.0 Å². The standard InChI is InChI=1S/C40H58N2O7S/c1-5-6-7-8-9-10-11-12-13-14-15-16-17-18-19-20-24-41-36(44)29-22-21-23-33(28-29)50-34(35(43)40(2,3)4)37(45)42-32-26-30(38(46)47)25-31(27-32)39(48)49/h21-23,25-28,34H,5-20,24H2,1-4H3,(H,41,44)(H,42,45)(H,46,47)(H,48,49). The molecule has 10 heteroatoms. The lowest BCUT2D eigenvalue weighted by molar-refractivity contribution is -0.129. The lowest BCUT2D eigenvalue weighted by Crippen LogP contribution is -2.39. The van der Waals surface area contributed by atoms with E-state index < -0.39 is 28.5 Å². The van der Waals surface area contributed by atoms with Crippen LogP contribution in [0.15, 0.2) is 47.4 Å². The maximum atomic E-state index is 13.4. The predicted octanol–water partition coefficient (Wildman–Crippen LogP) is 9.79. The SMILES string of the molecule is CCCCCCCCCCCCCCCCCCNC(=O)c1cccc(SC(C(=O)Nc2cc(C(=O)O)cc(C(=O)O)c2)C(=O)C(C)(C)C)c1. The number of hydrogen-bond donors (Lipinski definition) is 4. The van der Waals surface area contributed by atoms with Crippen LogP contribution in [0.5, 0.6) is 0 Å². The van der Waals surface area contributed by atoms with Crippen LogP contribution >= 0.6 is 11.8 Å². The van der Waals surface area contributed by atoms with Gasteiger partial charge in [-0.25, -0.2) is 9.59 Å². The molecule has 9 nitrogen and oxygen atoms in total. The Kier molecular flexibility index (Phi) is 19.5. The number of ketones is 1. The van der Waals surface area contributed by atoms with E-state index in [1.807, 2.05) is 0 Å². The Morgan fingerprint density at radius 2 is 1.14 bits per heavy atom. The van der Waals surface area contributed by atoms with Crippen LogP contribution in [0.1, 0.15) is 162 Å². The van der Waals surface area contributed by atoms with Gasteiger partial charge in [0.25, 0.3) is 5.91 Å². The molecular formula is C40H58N2O7S. The van der Waals surface area contributed by atoms with Gasteiger partial charge in [0.15, 0.2) is 5.78 Å². The second-order valence-corrected chi connectivity index (χ2v) is 15.3. The summed E-state index contributed by atoms with van der Waals surface area (Å²) in [6.07, 6.45) is 20.6. The molecule has 2 rings (SSSR count). The number of anilines is 1. The third-order valence-corrected chi connectivity index (χ3v) is 9.77. The van der Waals surface area contributed by atoms with E-state index in [1.165, 1.54) is 83.5 Å². The van der Waals surface area contributed by atoms with Crippen molar-refractivity contribution in [3.63, 3.8) is 0 Å². The maximum Gasteiger partial charge on any atom is 0.335 e. The van der Waals surface area contributed by atoms with Crippen molar-refractivity contribution in [2.75, 3.05) is 11.9 Å². The highest BCUT2D eigenvalue weighted by atomic mass is 32.2. The first-order valence-electron chi connectivity index (χ1n) is 18.3. The normalized spacial score (nSPS) is 11.9. The molecule has 2 amide bonds. The molecule has 1 unspecified atom stereocenters. The van der Waals surface area contributed by atoms with Gasteiger partial charge in [0.05, 0.1) is 11.1 Å². The Labute approximate surface area is 302 Å². The summed E-state index contributed by atoms with van der Waals surface area (Å²) in [6.45, 7) is 7.88. The minimum atomic E-state index is -1.36. The molecule has 0 spiro atoms. The smallest absolute Gasteiger partial charge is 0.335 e. The molecular weight excluding hydrogens is 653 g/mol. The number of hydrogen-bond acceptors (Lipinski definition) is 6. The topological polar surface area (TPSA) is 150 Å². The highest BCUT2D eigenvalue weighted by Gasteiger charge is 2.36. The Bertz CT molecular complexity index is 1370. The van der Waals surface area contributed by atoms with Crippen LogP contribution in [-0.4, -0.2) is 51.5 Å². The first-order valence-corrected chi connectivity index (χ1v) is 19.2. The Morgan fingerprint density at radius 3 is 1.60 bits per heavy atom. The fourth-order valence-corrected chi connectivity index (χ4v) is 6.85. The summed E-state index contributed by atoms with van der Waals surface area (Å²) in [5.74, 6) is -4.06. The Hall–Kier alpha value is -3.66. The average molecular weight is 711 g/mol. The molecule has 0 aromatic heterocycles. The van der Waals surface area contributed by atoms with E-state index in [0.717, 1.165) is 49.2 Å². The van der Waals surface area contributed by atoms with Crippen molar-refractivity contribution in [2.45, 2.75) is 141 Å². The molecule has 0 aliphatic carbocycles. The van der Waals surface area contributed by atoms with Crippen LogP contribution in [0, 0.1) is 5.41 Å². The van der Waals surface area contributed by atoms with Crippen molar-refractivity contribution in [1.82, 2.24) is 5.32 Å². The van der Waals surface area contributed by atoms with Crippen LogP contribution in [0.4, 0.5) is 5.69 Å². The number of thioether (sulfide) groups is 1. The average Bonchev–Trinajstić information content (AvgIpc) is 3.07. The maximum absolute atomic E-state index is 13.4. The highest BCUT2D eigenvalue weighted by Crippen LogP contribution is 2.31. The molecule has 2 aromatic carbocycles. The molecule has 0 aliphatic heterocycles. The summed E-state index contributed by atoms with van der Waals surface area (Å²) in [5, 5.41) is 23.0. The molecule has 0 fully saturated rings. The van der Waals surface area contributed by atoms with Gasteiger partial charge < -0.3 is 20.8 Å². The molecule has 0 heterocycles. The van der Waals surface area contributed by atoms with Crippen LogP contribution in [0.3, 0.4) is 0 Å². The number of carboxylic acids is 2. The molecule has 0 aliphatic rings. The van der Waals surface area contributed by atoms with Gasteiger partial charge in [-0.3, -0.25) is 14.4 Å². The van der Waals surface area contributed by atoms with E-state index >= 15 is 0 Å². The van der Waals surface area contributed by atoms with E-state index in [9.17, 15) is 34.2 Å². The van der Waals surface area contributed by atoms with Crippen LogP contribution < -0.4 is 10.6 Å². The fourth-order valence-electron chi connectivity index (χ4n) is 5.60.